The molecule has 2 aromatic carbocycles. The van der Waals surface area contributed by atoms with E-state index in [-0.39, 0.29) is 11.7 Å². The summed E-state index contributed by atoms with van der Waals surface area (Å²) in [6.07, 6.45) is 0. The number of benzene rings is 2. The van der Waals surface area contributed by atoms with E-state index in [1.54, 1.807) is 12.1 Å². The molecule has 0 spiro atoms. The van der Waals surface area contributed by atoms with Gasteiger partial charge in [-0.25, -0.2) is 4.39 Å². The Hall–Kier alpha value is -2.51. The van der Waals surface area contributed by atoms with Gasteiger partial charge in [-0.15, -0.1) is 0 Å². The Bertz CT molecular complexity index is 746. The van der Waals surface area contributed by atoms with Gasteiger partial charge in [0.1, 0.15) is 5.82 Å². The Balaban J connectivity index is 1.42. The highest BCUT2D eigenvalue weighted by atomic mass is 32.1. The summed E-state index contributed by atoms with van der Waals surface area (Å²) in [5.74, 6) is -0.422. The molecule has 0 aromatic heterocycles. The second-order valence-electron chi connectivity index (χ2n) is 6.11. The number of amides is 1. The van der Waals surface area contributed by atoms with Gasteiger partial charge in [-0.3, -0.25) is 9.69 Å². The Morgan fingerprint density at radius 2 is 1.54 bits per heavy atom. The van der Waals surface area contributed by atoms with Gasteiger partial charge in [-0.05, 0) is 48.6 Å². The Labute approximate surface area is 157 Å². The van der Waals surface area contributed by atoms with E-state index in [0.717, 1.165) is 31.9 Å². The van der Waals surface area contributed by atoms with Crippen LogP contribution < -0.4 is 10.6 Å². The van der Waals surface area contributed by atoms with Crippen LogP contribution in [-0.4, -0.2) is 53.5 Å². The van der Waals surface area contributed by atoms with Crippen molar-refractivity contribution in [3.05, 3.63) is 60.4 Å². The number of nitrogens with one attached hydrogen (secondary N) is 2. The van der Waals surface area contributed by atoms with E-state index in [1.165, 1.54) is 12.1 Å². The van der Waals surface area contributed by atoms with Gasteiger partial charge in [0.05, 0.1) is 6.54 Å². The first-order valence-electron chi connectivity index (χ1n) is 8.49. The summed E-state index contributed by atoms with van der Waals surface area (Å²) in [6.45, 7) is 3.36. The number of thiocarbonyl (C=S) groups is 1. The molecule has 1 aliphatic rings. The van der Waals surface area contributed by atoms with Crippen molar-refractivity contribution in [1.29, 1.82) is 0 Å². The van der Waals surface area contributed by atoms with Gasteiger partial charge >= 0.3 is 0 Å². The van der Waals surface area contributed by atoms with Crippen molar-refractivity contribution in [3.63, 3.8) is 0 Å². The maximum Gasteiger partial charge on any atom is 0.238 e. The van der Waals surface area contributed by atoms with Crippen molar-refractivity contribution in [2.24, 2.45) is 0 Å². The molecule has 0 bridgehead atoms. The lowest BCUT2D eigenvalue weighted by atomic mass is 10.3. The lowest BCUT2D eigenvalue weighted by molar-refractivity contribution is -0.117. The minimum absolute atomic E-state index is 0.102. The Morgan fingerprint density at radius 1 is 0.923 bits per heavy atom. The predicted octanol–water partition coefficient (Wildman–Crippen LogP) is 2.78. The van der Waals surface area contributed by atoms with Gasteiger partial charge < -0.3 is 15.5 Å². The van der Waals surface area contributed by atoms with E-state index in [0.29, 0.717) is 17.3 Å². The van der Waals surface area contributed by atoms with Crippen molar-refractivity contribution in [1.82, 2.24) is 9.80 Å². The van der Waals surface area contributed by atoms with Gasteiger partial charge in [0.2, 0.25) is 5.91 Å². The average Bonchev–Trinajstić information content (AvgIpc) is 2.65. The Kier molecular flexibility index (Phi) is 6.14. The quantitative estimate of drug-likeness (QED) is 0.809. The number of anilines is 2. The number of rotatable bonds is 4. The van der Waals surface area contributed by atoms with E-state index in [2.05, 4.69) is 20.4 Å². The third-order valence-corrected chi connectivity index (χ3v) is 4.54. The first kappa shape index (κ1) is 18.3. The normalized spacial score (nSPS) is 14.7. The van der Waals surface area contributed by atoms with Crippen molar-refractivity contribution in [2.45, 2.75) is 0 Å². The third kappa shape index (κ3) is 5.24. The third-order valence-electron chi connectivity index (χ3n) is 4.18. The molecule has 1 saturated heterocycles. The molecular formula is C19H21FN4OS. The Morgan fingerprint density at radius 3 is 2.19 bits per heavy atom. The number of halogens is 1. The van der Waals surface area contributed by atoms with Crippen LogP contribution in [0.5, 0.6) is 0 Å². The second kappa shape index (κ2) is 8.73. The van der Waals surface area contributed by atoms with E-state index < -0.39 is 0 Å². The van der Waals surface area contributed by atoms with Gasteiger partial charge in [-0.2, -0.15) is 0 Å². The molecule has 0 saturated carbocycles. The van der Waals surface area contributed by atoms with Gasteiger partial charge in [0, 0.05) is 37.6 Å². The molecule has 3 rings (SSSR count). The van der Waals surface area contributed by atoms with Crippen LogP contribution in [0, 0.1) is 5.82 Å². The summed E-state index contributed by atoms with van der Waals surface area (Å²) in [5, 5.41) is 6.72. The fourth-order valence-corrected chi connectivity index (χ4v) is 3.07. The van der Waals surface area contributed by atoms with Crippen molar-refractivity contribution in [2.75, 3.05) is 43.4 Å². The highest BCUT2D eigenvalue weighted by molar-refractivity contribution is 7.80. The molecule has 0 radical (unpaired) electrons. The van der Waals surface area contributed by atoms with Crippen LogP contribution in [0.15, 0.2) is 54.6 Å². The number of carbonyl (C=O) groups is 1. The van der Waals surface area contributed by atoms with Gasteiger partial charge in [-0.1, -0.05) is 18.2 Å². The van der Waals surface area contributed by atoms with E-state index in [4.69, 9.17) is 12.2 Å². The zero-order valence-electron chi connectivity index (χ0n) is 14.3. The van der Waals surface area contributed by atoms with Crippen LogP contribution in [0.2, 0.25) is 0 Å². The summed E-state index contributed by atoms with van der Waals surface area (Å²) < 4.78 is 12.9. The topological polar surface area (TPSA) is 47.6 Å². The molecule has 1 amide bonds. The fourth-order valence-electron chi connectivity index (χ4n) is 2.77. The maximum absolute atomic E-state index is 12.9. The van der Waals surface area contributed by atoms with Crippen LogP contribution in [0.25, 0.3) is 0 Å². The summed E-state index contributed by atoms with van der Waals surface area (Å²) in [5.41, 5.74) is 1.57. The number of piperazine rings is 1. The first-order chi connectivity index (χ1) is 12.6. The van der Waals surface area contributed by atoms with Crippen LogP contribution in [-0.2, 0) is 4.79 Å². The number of hydrogen-bond donors (Lipinski definition) is 2. The highest BCUT2D eigenvalue weighted by Gasteiger charge is 2.20. The van der Waals surface area contributed by atoms with Crippen molar-refractivity contribution in [3.8, 4) is 0 Å². The van der Waals surface area contributed by atoms with Gasteiger partial charge in [0.25, 0.3) is 0 Å². The molecule has 0 unspecified atom stereocenters. The van der Waals surface area contributed by atoms with Crippen LogP contribution in [0.4, 0.5) is 15.8 Å². The summed E-state index contributed by atoms with van der Waals surface area (Å²) in [6, 6.07) is 15.6. The molecule has 1 fully saturated rings. The molecular weight excluding hydrogens is 351 g/mol. The molecule has 2 aromatic rings. The van der Waals surface area contributed by atoms with Crippen LogP contribution in [0.3, 0.4) is 0 Å². The molecule has 5 nitrogen and oxygen atoms in total. The second-order valence-corrected chi connectivity index (χ2v) is 6.50. The molecule has 136 valence electrons. The maximum atomic E-state index is 12.9. The monoisotopic (exact) mass is 372 g/mol. The number of nitrogens with zero attached hydrogens (tertiary/aromatic N) is 2. The first-order valence-corrected chi connectivity index (χ1v) is 8.90. The molecule has 1 heterocycles. The summed E-state index contributed by atoms with van der Waals surface area (Å²) >= 11 is 5.47. The summed E-state index contributed by atoms with van der Waals surface area (Å²) in [4.78, 5) is 16.3. The van der Waals surface area contributed by atoms with Gasteiger partial charge in [0.15, 0.2) is 5.11 Å². The zero-order chi connectivity index (χ0) is 18.4. The SMILES string of the molecule is O=C(CN1CCN(C(=S)Nc2ccccc2)CC1)Nc1ccc(F)cc1. The largest absolute Gasteiger partial charge is 0.346 e. The number of carbonyl (C=O) groups excluding carboxylic acids is 1. The number of para-hydroxylation sites is 1. The molecule has 1 aliphatic heterocycles. The highest BCUT2D eigenvalue weighted by Crippen LogP contribution is 2.10. The molecule has 7 heteroatoms. The molecule has 2 N–H and O–H groups in total. The zero-order valence-corrected chi connectivity index (χ0v) is 15.1. The fraction of sp³-hybridized carbons (Fsp3) is 0.263. The average molecular weight is 372 g/mol. The number of hydrogen-bond acceptors (Lipinski definition) is 3. The van der Waals surface area contributed by atoms with Crippen LogP contribution >= 0.6 is 12.2 Å². The summed E-state index contributed by atoms with van der Waals surface area (Å²) in [7, 11) is 0. The van der Waals surface area contributed by atoms with E-state index in [1.807, 2.05) is 30.3 Å². The van der Waals surface area contributed by atoms with Crippen molar-refractivity contribution < 1.29 is 9.18 Å². The van der Waals surface area contributed by atoms with Crippen LogP contribution in [0.1, 0.15) is 0 Å². The van der Waals surface area contributed by atoms with E-state index >= 15 is 0 Å². The minimum atomic E-state index is -0.320. The molecule has 0 aliphatic carbocycles. The van der Waals surface area contributed by atoms with E-state index in [9.17, 15) is 9.18 Å². The lowest BCUT2D eigenvalue weighted by Crippen LogP contribution is -2.51. The molecule has 26 heavy (non-hydrogen) atoms. The predicted molar refractivity (Wildman–Crippen MR) is 106 cm³/mol. The minimum Gasteiger partial charge on any atom is -0.346 e. The molecule has 0 atom stereocenters. The smallest absolute Gasteiger partial charge is 0.238 e. The standard InChI is InChI=1S/C19H21FN4OS/c20-15-6-8-17(9-7-15)21-18(25)14-23-10-12-24(13-11-23)19(26)22-16-4-2-1-3-5-16/h1-9H,10-14H2,(H,21,25)(H,22,26). The van der Waals surface area contributed by atoms with Crippen molar-refractivity contribution >= 4 is 34.6 Å². The lowest BCUT2D eigenvalue weighted by Gasteiger charge is -2.35.